The molecule has 1 amide bonds. The molecule has 1 unspecified atom stereocenters. The van der Waals surface area contributed by atoms with Gasteiger partial charge < -0.3 is 16.4 Å². The number of pyridine rings is 1. The summed E-state index contributed by atoms with van der Waals surface area (Å²) in [7, 11) is 0. The highest BCUT2D eigenvalue weighted by Crippen LogP contribution is 2.31. The topological polar surface area (TPSA) is 85.2 Å². The highest BCUT2D eigenvalue weighted by molar-refractivity contribution is 9.10. The van der Waals surface area contributed by atoms with Crippen molar-refractivity contribution in [1.29, 1.82) is 0 Å². The molecule has 2 heterocycles. The lowest BCUT2D eigenvalue weighted by Crippen LogP contribution is -2.27. The van der Waals surface area contributed by atoms with Crippen molar-refractivity contribution >= 4 is 33.3 Å². The highest BCUT2D eigenvalue weighted by atomic mass is 79.9. The number of carbonyl (C=O) groups is 1. The fourth-order valence-corrected chi connectivity index (χ4v) is 2.28. The van der Waals surface area contributed by atoms with Crippen molar-refractivity contribution in [2.75, 3.05) is 23.7 Å². The van der Waals surface area contributed by atoms with E-state index in [2.05, 4.69) is 20.9 Å². The van der Waals surface area contributed by atoms with Gasteiger partial charge in [-0.1, -0.05) is 0 Å². The van der Waals surface area contributed by atoms with E-state index < -0.39 is 0 Å². The van der Waals surface area contributed by atoms with E-state index in [0.29, 0.717) is 31.0 Å². The van der Waals surface area contributed by atoms with Gasteiger partial charge in [0.25, 0.3) is 0 Å². The Balaban J connectivity index is 2.35. The average Bonchev–Trinajstić information content (AvgIpc) is 2.65. The zero-order valence-electron chi connectivity index (χ0n) is 9.61. The molecule has 0 saturated carbocycles. The number of nitrogen functional groups attached to an aromatic ring is 1. The number of nitrogens with zero attached hydrogens (tertiary/aromatic N) is 2. The van der Waals surface area contributed by atoms with E-state index in [9.17, 15) is 4.79 Å². The Bertz CT molecular complexity index is 463. The summed E-state index contributed by atoms with van der Waals surface area (Å²) in [4.78, 5) is 17.7. The lowest BCUT2D eigenvalue weighted by atomic mass is 10.1. The Morgan fingerprint density at radius 2 is 2.35 bits per heavy atom. The molecule has 1 aliphatic rings. The van der Waals surface area contributed by atoms with Crippen molar-refractivity contribution in [3.8, 4) is 0 Å². The second kappa shape index (κ2) is 4.62. The first kappa shape index (κ1) is 12.3. The molecule has 1 aromatic heterocycles. The van der Waals surface area contributed by atoms with Crippen molar-refractivity contribution in [3.05, 3.63) is 16.2 Å². The molecular weight excluding hydrogens is 284 g/mol. The van der Waals surface area contributed by atoms with Crippen LogP contribution in [-0.2, 0) is 4.79 Å². The summed E-state index contributed by atoms with van der Waals surface area (Å²) in [5, 5.41) is 0. The molecule has 17 heavy (non-hydrogen) atoms. The fourth-order valence-electron chi connectivity index (χ4n) is 1.98. The molecule has 92 valence electrons. The summed E-state index contributed by atoms with van der Waals surface area (Å²) in [6.45, 7) is 3.00. The SMILES string of the molecule is Cc1nc(N)c(N2CC(CN)CC2=O)cc1Br. The Hall–Kier alpha value is -1.14. The van der Waals surface area contributed by atoms with Gasteiger partial charge in [-0.15, -0.1) is 0 Å². The molecule has 0 radical (unpaired) electrons. The van der Waals surface area contributed by atoms with E-state index in [0.717, 1.165) is 10.2 Å². The van der Waals surface area contributed by atoms with Gasteiger partial charge in [-0.2, -0.15) is 0 Å². The summed E-state index contributed by atoms with van der Waals surface area (Å²) < 4.78 is 0.852. The molecule has 4 N–H and O–H groups in total. The largest absolute Gasteiger partial charge is 0.382 e. The monoisotopic (exact) mass is 298 g/mol. The zero-order valence-corrected chi connectivity index (χ0v) is 11.2. The van der Waals surface area contributed by atoms with Crippen LogP contribution < -0.4 is 16.4 Å². The molecule has 0 aliphatic carbocycles. The van der Waals surface area contributed by atoms with Gasteiger partial charge in [0.05, 0.1) is 11.4 Å². The number of hydrogen-bond donors (Lipinski definition) is 2. The fraction of sp³-hybridized carbons (Fsp3) is 0.455. The number of rotatable bonds is 2. The Kier molecular flexibility index (Phi) is 3.35. The van der Waals surface area contributed by atoms with Crippen LogP contribution >= 0.6 is 15.9 Å². The molecule has 1 aliphatic heterocycles. The minimum atomic E-state index is 0.0599. The minimum absolute atomic E-state index is 0.0599. The van der Waals surface area contributed by atoms with Crippen molar-refractivity contribution in [2.45, 2.75) is 13.3 Å². The highest BCUT2D eigenvalue weighted by Gasteiger charge is 2.31. The van der Waals surface area contributed by atoms with E-state index in [1.165, 1.54) is 0 Å². The molecule has 1 fully saturated rings. The molecule has 0 bridgehead atoms. The first-order valence-electron chi connectivity index (χ1n) is 5.46. The van der Waals surface area contributed by atoms with Gasteiger partial charge >= 0.3 is 0 Å². The summed E-state index contributed by atoms with van der Waals surface area (Å²) >= 11 is 3.40. The van der Waals surface area contributed by atoms with Crippen molar-refractivity contribution in [2.24, 2.45) is 11.7 Å². The molecular formula is C11H15BrN4O. The summed E-state index contributed by atoms with van der Waals surface area (Å²) in [6, 6.07) is 1.84. The van der Waals surface area contributed by atoms with E-state index >= 15 is 0 Å². The van der Waals surface area contributed by atoms with E-state index in [-0.39, 0.29) is 11.8 Å². The van der Waals surface area contributed by atoms with Gasteiger partial charge in [-0.25, -0.2) is 4.98 Å². The number of nitrogens with two attached hydrogens (primary N) is 2. The van der Waals surface area contributed by atoms with E-state index in [1.54, 1.807) is 4.90 Å². The predicted molar refractivity (Wildman–Crippen MR) is 70.6 cm³/mol. The van der Waals surface area contributed by atoms with Crippen LogP contribution in [0.25, 0.3) is 0 Å². The summed E-state index contributed by atoms with van der Waals surface area (Å²) in [6.07, 6.45) is 0.488. The Labute approximate surface area is 108 Å². The first-order chi connectivity index (χ1) is 8.02. The van der Waals surface area contributed by atoms with Crippen LogP contribution in [0, 0.1) is 12.8 Å². The number of amides is 1. The number of halogens is 1. The van der Waals surface area contributed by atoms with Crippen LogP contribution in [0.4, 0.5) is 11.5 Å². The first-order valence-corrected chi connectivity index (χ1v) is 6.25. The number of anilines is 2. The van der Waals surface area contributed by atoms with Gasteiger partial charge in [0.1, 0.15) is 5.82 Å². The maximum Gasteiger partial charge on any atom is 0.227 e. The zero-order chi connectivity index (χ0) is 12.6. The van der Waals surface area contributed by atoms with Crippen LogP contribution in [0.15, 0.2) is 10.5 Å². The smallest absolute Gasteiger partial charge is 0.227 e. The molecule has 6 heteroatoms. The Morgan fingerprint density at radius 3 is 2.94 bits per heavy atom. The van der Waals surface area contributed by atoms with Crippen LogP contribution in [0.5, 0.6) is 0 Å². The maximum absolute atomic E-state index is 11.9. The maximum atomic E-state index is 11.9. The molecule has 0 aromatic carbocycles. The third kappa shape index (κ3) is 2.28. The molecule has 1 atom stereocenters. The molecule has 5 nitrogen and oxygen atoms in total. The van der Waals surface area contributed by atoms with Crippen LogP contribution in [0.1, 0.15) is 12.1 Å². The molecule has 1 saturated heterocycles. The molecule has 1 aromatic rings. The van der Waals surface area contributed by atoms with Gasteiger partial charge in [0.2, 0.25) is 5.91 Å². The van der Waals surface area contributed by atoms with Crippen LogP contribution in [-0.4, -0.2) is 24.0 Å². The minimum Gasteiger partial charge on any atom is -0.382 e. The quantitative estimate of drug-likeness (QED) is 0.854. The second-order valence-corrected chi connectivity index (χ2v) is 5.12. The third-order valence-electron chi connectivity index (χ3n) is 2.99. The number of aromatic nitrogens is 1. The van der Waals surface area contributed by atoms with Crippen molar-refractivity contribution in [3.63, 3.8) is 0 Å². The van der Waals surface area contributed by atoms with Gasteiger partial charge in [-0.05, 0) is 41.4 Å². The van der Waals surface area contributed by atoms with Crippen molar-refractivity contribution < 1.29 is 4.79 Å². The van der Waals surface area contributed by atoms with E-state index in [4.69, 9.17) is 11.5 Å². The second-order valence-electron chi connectivity index (χ2n) is 4.27. The van der Waals surface area contributed by atoms with Gasteiger partial charge in [0, 0.05) is 17.4 Å². The third-order valence-corrected chi connectivity index (χ3v) is 3.79. The van der Waals surface area contributed by atoms with Crippen molar-refractivity contribution in [1.82, 2.24) is 4.98 Å². The average molecular weight is 299 g/mol. The number of hydrogen-bond acceptors (Lipinski definition) is 4. The van der Waals surface area contributed by atoms with Crippen LogP contribution in [0.3, 0.4) is 0 Å². The normalized spacial score (nSPS) is 20.1. The van der Waals surface area contributed by atoms with Gasteiger partial charge in [-0.3, -0.25) is 4.79 Å². The Morgan fingerprint density at radius 1 is 1.65 bits per heavy atom. The molecule has 2 rings (SSSR count). The molecule has 0 spiro atoms. The van der Waals surface area contributed by atoms with Gasteiger partial charge in [0.15, 0.2) is 0 Å². The predicted octanol–water partition coefficient (Wildman–Crippen LogP) is 1.05. The van der Waals surface area contributed by atoms with Crippen LogP contribution in [0.2, 0.25) is 0 Å². The number of carbonyl (C=O) groups excluding carboxylic acids is 1. The summed E-state index contributed by atoms with van der Waals surface area (Å²) in [5.41, 5.74) is 12.9. The van der Waals surface area contributed by atoms with E-state index in [1.807, 2.05) is 13.0 Å². The number of aryl methyl sites for hydroxylation is 1. The lowest BCUT2D eigenvalue weighted by Gasteiger charge is -2.19. The summed E-state index contributed by atoms with van der Waals surface area (Å²) in [5.74, 6) is 0.656. The lowest BCUT2D eigenvalue weighted by molar-refractivity contribution is -0.117. The standard InChI is InChI=1S/C11H15BrN4O/c1-6-8(12)3-9(11(14)15-6)16-5-7(4-13)2-10(16)17/h3,7H,2,4-5,13H2,1H3,(H2,14,15).